The number of ether oxygens (including phenoxy) is 1. The van der Waals surface area contributed by atoms with Crippen molar-refractivity contribution >= 4 is 22.9 Å². The molecular formula is C7H13BrN2O2S. The number of halogens is 1. The SMILES string of the molecule is CCOC(=O)C[N+]1=C(N)SCC1.[Br-]. The number of nitrogens with zero attached hydrogens (tertiary/aromatic N) is 1. The smallest absolute Gasteiger partial charge is 0.348 e. The minimum absolute atomic E-state index is 0. The van der Waals surface area contributed by atoms with Crippen molar-refractivity contribution in [3.63, 3.8) is 0 Å². The lowest BCUT2D eigenvalue weighted by molar-refractivity contribution is -0.509. The number of nitrogens with two attached hydrogens (primary N) is 1. The minimum atomic E-state index is -0.206. The molecule has 4 nitrogen and oxygen atoms in total. The molecule has 0 saturated heterocycles. The zero-order valence-electron chi connectivity index (χ0n) is 7.46. The molecule has 0 saturated carbocycles. The average molecular weight is 269 g/mol. The molecule has 1 aliphatic heterocycles. The van der Waals surface area contributed by atoms with Crippen molar-refractivity contribution < 1.29 is 31.1 Å². The molecule has 0 atom stereocenters. The van der Waals surface area contributed by atoms with E-state index in [1.54, 1.807) is 18.7 Å². The van der Waals surface area contributed by atoms with Crippen LogP contribution in [0.1, 0.15) is 6.92 Å². The van der Waals surface area contributed by atoms with Gasteiger partial charge in [-0.05, 0) is 18.7 Å². The Bertz CT molecular complexity index is 221. The molecule has 0 unspecified atom stereocenters. The van der Waals surface area contributed by atoms with Gasteiger partial charge in [-0.2, -0.15) is 0 Å². The molecule has 0 aromatic heterocycles. The molecule has 13 heavy (non-hydrogen) atoms. The topological polar surface area (TPSA) is 55.3 Å². The summed E-state index contributed by atoms with van der Waals surface area (Å²) in [4.78, 5) is 11.0. The Morgan fingerprint density at radius 1 is 1.77 bits per heavy atom. The van der Waals surface area contributed by atoms with Crippen LogP contribution in [0.2, 0.25) is 0 Å². The van der Waals surface area contributed by atoms with Gasteiger partial charge < -0.3 is 21.7 Å². The molecule has 2 N–H and O–H groups in total. The number of esters is 1. The van der Waals surface area contributed by atoms with Crippen molar-refractivity contribution in [2.45, 2.75) is 6.92 Å². The van der Waals surface area contributed by atoms with Gasteiger partial charge in [0.1, 0.15) is 0 Å². The van der Waals surface area contributed by atoms with E-state index >= 15 is 0 Å². The Balaban J connectivity index is 0.00000144. The summed E-state index contributed by atoms with van der Waals surface area (Å²) >= 11 is 1.58. The third kappa shape index (κ3) is 3.99. The predicted molar refractivity (Wildman–Crippen MR) is 48.3 cm³/mol. The van der Waals surface area contributed by atoms with E-state index in [2.05, 4.69) is 0 Å². The van der Waals surface area contributed by atoms with Crippen molar-refractivity contribution in [2.24, 2.45) is 5.73 Å². The highest BCUT2D eigenvalue weighted by Gasteiger charge is 2.20. The molecule has 0 aromatic rings. The van der Waals surface area contributed by atoms with Crippen LogP contribution in [0, 0.1) is 0 Å². The molecule has 0 aliphatic carbocycles. The van der Waals surface area contributed by atoms with Crippen molar-refractivity contribution in [3.8, 4) is 0 Å². The van der Waals surface area contributed by atoms with Crippen LogP contribution in [0.4, 0.5) is 0 Å². The van der Waals surface area contributed by atoms with E-state index in [0.29, 0.717) is 6.61 Å². The first-order valence-electron chi connectivity index (χ1n) is 3.90. The van der Waals surface area contributed by atoms with E-state index < -0.39 is 0 Å². The molecule has 0 amide bonds. The van der Waals surface area contributed by atoms with Gasteiger partial charge in [0, 0.05) is 5.75 Å². The number of thioether (sulfide) groups is 1. The minimum Gasteiger partial charge on any atom is -1.00 e. The molecule has 1 aliphatic rings. The van der Waals surface area contributed by atoms with Crippen LogP contribution in [0.3, 0.4) is 0 Å². The predicted octanol–water partition coefficient (Wildman–Crippen LogP) is -3.37. The summed E-state index contributed by atoms with van der Waals surface area (Å²) in [5, 5.41) is 0.725. The van der Waals surface area contributed by atoms with E-state index in [9.17, 15) is 4.79 Å². The van der Waals surface area contributed by atoms with Crippen LogP contribution in [-0.4, -0.2) is 41.2 Å². The highest BCUT2D eigenvalue weighted by molar-refractivity contribution is 8.13. The van der Waals surface area contributed by atoms with E-state index in [4.69, 9.17) is 10.5 Å². The van der Waals surface area contributed by atoms with Crippen LogP contribution in [0.25, 0.3) is 0 Å². The van der Waals surface area contributed by atoms with Gasteiger partial charge in [0.2, 0.25) is 0 Å². The van der Waals surface area contributed by atoms with Crippen molar-refractivity contribution in [1.82, 2.24) is 0 Å². The van der Waals surface area contributed by atoms with Gasteiger partial charge >= 0.3 is 11.1 Å². The first-order chi connectivity index (χ1) is 5.74. The van der Waals surface area contributed by atoms with Gasteiger partial charge in [-0.25, -0.2) is 9.37 Å². The number of rotatable bonds is 3. The third-order valence-corrected chi connectivity index (χ3v) is 2.49. The van der Waals surface area contributed by atoms with Crippen LogP contribution in [-0.2, 0) is 9.53 Å². The molecule has 6 heteroatoms. The molecule has 0 spiro atoms. The summed E-state index contributed by atoms with van der Waals surface area (Å²) in [6, 6.07) is 0. The third-order valence-electron chi connectivity index (χ3n) is 1.55. The Morgan fingerprint density at radius 2 is 2.46 bits per heavy atom. The number of amidine groups is 1. The zero-order chi connectivity index (χ0) is 8.97. The van der Waals surface area contributed by atoms with Gasteiger partial charge in [0.25, 0.3) is 0 Å². The second kappa shape index (κ2) is 6.26. The number of hydrogen-bond acceptors (Lipinski definition) is 4. The maximum absolute atomic E-state index is 11.0. The van der Waals surface area contributed by atoms with Crippen LogP contribution in [0.5, 0.6) is 0 Å². The van der Waals surface area contributed by atoms with Gasteiger partial charge in [0.05, 0.1) is 13.2 Å². The maximum Gasteiger partial charge on any atom is 0.348 e. The second-order valence-corrected chi connectivity index (χ2v) is 3.53. The average Bonchev–Trinajstić information content (AvgIpc) is 2.37. The standard InChI is InChI=1S/C7H12N2O2S.BrH/c1-2-11-6(10)5-9-3-4-12-7(9)8;/h8H,2-5H2,1H3;1H. The van der Waals surface area contributed by atoms with Crippen LogP contribution >= 0.6 is 11.8 Å². The fourth-order valence-electron chi connectivity index (χ4n) is 0.981. The quantitative estimate of drug-likeness (QED) is 0.429. The summed E-state index contributed by atoms with van der Waals surface area (Å²) in [6.07, 6.45) is 0. The van der Waals surface area contributed by atoms with Gasteiger partial charge in [0.15, 0.2) is 6.54 Å². The van der Waals surface area contributed by atoms with E-state index in [1.807, 2.05) is 4.58 Å². The Morgan fingerprint density at radius 3 is 2.92 bits per heavy atom. The molecular weight excluding hydrogens is 256 g/mol. The van der Waals surface area contributed by atoms with Gasteiger partial charge in [-0.1, -0.05) is 0 Å². The fraction of sp³-hybridized carbons (Fsp3) is 0.714. The number of hydrogen-bond donors (Lipinski definition) is 1. The summed E-state index contributed by atoms with van der Waals surface area (Å²) in [5.41, 5.74) is 5.62. The zero-order valence-corrected chi connectivity index (χ0v) is 9.86. The maximum atomic E-state index is 11.0. The molecule has 0 fully saturated rings. The molecule has 0 aromatic carbocycles. The van der Waals surface area contributed by atoms with Gasteiger partial charge in [-0.15, -0.1) is 0 Å². The number of carbonyl (C=O) groups excluding carboxylic acids is 1. The molecule has 0 bridgehead atoms. The lowest BCUT2D eigenvalue weighted by Crippen LogP contribution is -3.00. The second-order valence-electron chi connectivity index (χ2n) is 2.41. The van der Waals surface area contributed by atoms with Crippen molar-refractivity contribution in [1.29, 1.82) is 0 Å². The van der Waals surface area contributed by atoms with E-state index in [0.717, 1.165) is 17.5 Å². The molecule has 0 radical (unpaired) electrons. The van der Waals surface area contributed by atoms with Crippen molar-refractivity contribution in [3.05, 3.63) is 0 Å². The molecule has 1 heterocycles. The summed E-state index contributed by atoms with van der Waals surface area (Å²) < 4.78 is 6.63. The molecule has 76 valence electrons. The fourth-order valence-corrected chi connectivity index (χ4v) is 1.84. The number of carbonyl (C=O) groups is 1. The lowest BCUT2D eigenvalue weighted by Gasteiger charge is -2.01. The first-order valence-corrected chi connectivity index (χ1v) is 4.88. The Kier molecular flexibility index (Phi) is 6.15. The van der Waals surface area contributed by atoms with E-state index in [-0.39, 0.29) is 29.5 Å². The molecule has 1 rings (SSSR count). The highest BCUT2D eigenvalue weighted by atomic mass is 79.9. The summed E-state index contributed by atoms with van der Waals surface area (Å²) in [7, 11) is 0. The normalized spacial score (nSPS) is 15.5. The lowest BCUT2D eigenvalue weighted by atomic mass is 10.6. The monoisotopic (exact) mass is 268 g/mol. The van der Waals surface area contributed by atoms with Crippen LogP contribution in [0.15, 0.2) is 0 Å². The summed E-state index contributed by atoms with van der Waals surface area (Å²) in [5.74, 6) is 0.758. The van der Waals surface area contributed by atoms with Crippen molar-refractivity contribution in [2.75, 3.05) is 25.4 Å². The van der Waals surface area contributed by atoms with Crippen LogP contribution < -0.4 is 22.7 Å². The van der Waals surface area contributed by atoms with E-state index in [1.165, 1.54) is 0 Å². The highest BCUT2D eigenvalue weighted by Crippen LogP contribution is 2.06. The Labute approximate surface area is 92.3 Å². The largest absolute Gasteiger partial charge is 1.00 e. The summed E-state index contributed by atoms with van der Waals surface area (Å²) in [6.45, 7) is 3.35. The Hall–Kier alpha value is -0.230. The first kappa shape index (κ1) is 12.8. The van der Waals surface area contributed by atoms with Gasteiger partial charge in [-0.3, -0.25) is 5.73 Å².